The Labute approximate surface area is 133 Å². The summed E-state index contributed by atoms with van der Waals surface area (Å²) in [5.41, 5.74) is 0. The molecule has 0 atom stereocenters. The van der Waals surface area contributed by atoms with Crippen LogP contribution in [0.4, 0.5) is 0 Å². The van der Waals surface area contributed by atoms with Crippen molar-refractivity contribution in [3.8, 4) is 0 Å². The topological polar surface area (TPSA) is 43.9 Å². The van der Waals surface area contributed by atoms with E-state index in [0.717, 1.165) is 25.3 Å². The number of likely N-dealkylation sites (N-methyl/N-ethyl adjacent to an activating group) is 1. The lowest BCUT2D eigenvalue weighted by atomic mass is 9.86. The second kappa shape index (κ2) is 7.77. The van der Waals surface area contributed by atoms with Gasteiger partial charge >= 0.3 is 0 Å². The molecular formula is C17H29N3O2. The number of piperazine rings is 1. The molecule has 1 saturated heterocycles. The standard InChI is InChI=1S/C17H29N3O2/c1-14-6-8-15(9-7-14)20-12-11-19(13-17(20)22)16(21)5-4-10-18(2)3/h4-5,14-15H,6-13H2,1-3H3/b5-4+. The molecule has 0 spiro atoms. The van der Waals surface area contributed by atoms with Crippen LogP contribution in [0, 0.1) is 5.92 Å². The minimum atomic E-state index is -0.0490. The zero-order valence-corrected chi connectivity index (χ0v) is 14.1. The summed E-state index contributed by atoms with van der Waals surface area (Å²) in [6.07, 6.45) is 8.09. The maximum Gasteiger partial charge on any atom is 0.246 e. The molecule has 5 nitrogen and oxygen atoms in total. The van der Waals surface area contributed by atoms with E-state index < -0.39 is 0 Å². The summed E-state index contributed by atoms with van der Waals surface area (Å²) in [5, 5.41) is 0. The number of carbonyl (C=O) groups excluding carboxylic acids is 2. The molecule has 1 saturated carbocycles. The molecule has 0 aromatic heterocycles. The zero-order chi connectivity index (χ0) is 16.1. The Balaban J connectivity index is 1.83. The molecule has 0 aromatic rings. The van der Waals surface area contributed by atoms with Crippen molar-refractivity contribution >= 4 is 11.8 Å². The van der Waals surface area contributed by atoms with Crippen molar-refractivity contribution in [1.29, 1.82) is 0 Å². The van der Waals surface area contributed by atoms with Gasteiger partial charge in [-0.1, -0.05) is 13.0 Å². The maximum absolute atomic E-state index is 12.4. The largest absolute Gasteiger partial charge is 0.336 e. The molecule has 0 bridgehead atoms. The first-order valence-electron chi connectivity index (χ1n) is 8.37. The van der Waals surface area contributed by atoms with Crippen LogP contribution in [0.1, 0.15) is 32.6 Å². The maximum atomic E-state index is 12.4. The van der Waals surface area contributed by atoms with Crippen LogP contribution in [0.5, 0.6) is 0 Å². The minimum absolute atomic E-state index is 0.0490. The van der Waals surface area contributed by atoms with Crippen LogP contribution in [0.3, 0.4) is 0 Å². The minimum Gasteiger partial charge on any atom is -0.336 e. The summed E-state index contributed by atoms with van der Waals surface area (Å²) in [7, 11) is 3.92. The van der Waals surface area contributed by atoms with Gasteiger partial charge in [0.2, 0.25) is 11.8 Å². The molecule has 2 aliphatic rings. The Morgan fingerprint density at radius 3 is 2.50 bits per heavy atom. The molecule has 0 radical (unpaired) electrons. The highest BCUT2D eigenvalue weighted by atomic mass is 16.2. The smallest absolute Gasteiger partial charge is 0.246 e. The highest BCUT2D eigenvalue weighted by molar-refractivity contribution is 5.92. The van der Waals surface area contributed by atoms with Crippen LogP contribution in [-0.4, -0.2) is 72.8 Å². The number of hydrogen-bond donors (Lipinski definition) is 0. The lowest BCUT2D eigenvalue weighted by Gasteiger charge is -2.41. The molecule has 124 valence electrons. The van der Waals surface area contributed by atoms with E-state index in [1.807, 2.05) is 30.0 Å². The molecule has 0 unspecified atom stereocenters. The van der Waals surface area contributed by atoms with Gasteiger partial charge < -0.3 is 14.7 Å². The van der Waals surface area contributed by atoms with E-state index in [0.29, 0.717) is 19.1 Å². The number of carbonyl (C=O) groups is 2. The van der Waals surface area contributed by atoms with E-state index in [9.17, 15) is 9.59 Å². The predicted molar refractivity (Wildman–Crippen MR) is 87.4 cm³/mol. The van der Waals surface area contributed by atoms with E-state index in [4.69, 9.17) is 0 Å². The average molecular weight is 307 g/mol. The lowest BCUT2D eigenvalue weighted by molar-refractivity contribution is -0.145. The fraction of sp³-hybridized carbons (Fsp3) is 0.765. The Kier molecular flexibility index (Phi) is 6.00. The highest BCUT2D eigenvalue weighted by Gasteiger charge is 2.32. The van der Waals surface area contributed by atoms with Crippen LogP contribution in [-0.2, 0) is 9.59 Å². The van der Waals surface area contributed by atoms with Gasteiger partial charge in [-0.15, -0.1) is 0 Å². The SMILES string of the molecule is CC1CCC(N2CCN(C(=O)/C=C/CN(C)C)CC2=O)CC1. The van der Waals surface area contributed by atoms with Crippen LogP contribution in [0.25, 0.3) is 0 Å². The van der Waals surface area contributed by atoms with E-state index in [1.54, 1.807) is 11.0 Å². The van der Waals surface area contributed by atoms with Gasteiger partial charge in [-0.05, 0) is 45.7 Å². The van der Waals surface area contributed by atoms with Crippen molar-refractivity contribution < 1.29 is 9.59 Å². The van der Waals surface area contributed by atoms with Gasteiger partial charge in [0.1, 0.15) is 6.54 Å². The van der Waals surface area contributed by atoms with Gasteiger partial charge in [-0.25, -0.2) is 0 Å². The molecule has 0 N–H and O–H groups in total. The molecule has 22 heavy (non-hydrogen) atoms. The molecule has 5 heteroatoms. The molecule has 1 aliphatic carbocycles. The first-order chi connectivity index (χ1) is 10.5. The molecule has 1 heterocycles. The lowest BCUT2D eigenvalue weighted by Crippen LogP contribution is -2.55. The number of hydrogen-bond acceptors (Lipinski definition) is 3. The van der Waals surface area contributed by atoms with Crippen molar-refractivity contribution in [2.75, 3.05) is 40.3 Å². The quantitative estimate of drug-likeness (QED) is 0.737. The van der Waals surface area contributed by atoms with E-state index in [1.165, 1.54) is 12.8 Å². The first-order valence-corrected chi connectivity index (χ1v) is 8.37. The van der Waals surface area contributed by atoms with Crippen molar-refractivity contribution in [3.05, 3.63) is 12.2 Å². The van der Waals surface area contributed by atoms with Gasteiger partial charge in [0.25, 0.3) is 0 Å². The Morgan fingerprint density at radius 2 is 1.91 bits per heavy atom. The molecular weight excluding hydrogens is 278 g/mol. The van der Waals surface area contributed by atoms with Crippen LogP contribution < -0.4 is 0 Å². The predicted octanol–water partition coefficient (Wildman–Crippen LogP) is 1.35. The third kappa shape index (κ3) is 4.57. The summed E-state index contributed by atoms with van der Waals surface area (Å²) >= 11 is 0. The highest BCUT2D eigenvalue weighted by Crippen LogP contribution is 2.28. The average Bonchev–Trinajstić information content (AvgIpc) is 2.48. The van der Waals surface area contributed by atoms with Crippen molar-refractivity contribution in [2.24, 2.45) is 5.92 Å². The number of nitrogens with zero attached hydrogens (tertiary/aromatic N) is 3. The van der Waals surface area contributed by atoms with E-state index in [2.05, 4.69) is 6.92 Å². The molecule has 2 amide bonds. The van der Waals surface area contributed by atoms with Crippen molar-refractivity contribution in [3.63, 3.8) is 0 Å². The Hall–Kier alpha value is -1.36. The van der Waals surface area contributed by atoms with Gasteiger partial charge in [0.05, 0.1) is 0 Å². The van der Waals surface area contributed by atoms with Gasteiger partial charge in [0.15, 0.2) is 0 Å². The van der Waals surface area contributed by atoms with Crippen LogP contribution in [0.2, 0.25) is 0 Å². The van der Waals surface area contributed by atoms with Crippen LogP contribution in [0.15, 0.2) is 12.2 Å². The summed E-state index contributed by atoms with van der Waals surface area (Å²) in [4.78, 5) is 30.1. The fourth-order valence-electron chi connectivity index (χ4n) is 3.28. The van der Waals surface area contributed by atoms with E-state index in [-0.39, 0.29) is 18.4 Å². The molecule has 1 aliphatic heterocycles. The number of rotatable bonds is 4. The zero-order valence-electron chi connectivity index (χ0n) is 14.1. The van der Waals surface area contributed by atoms with Gasteiger partial charge in [-0.2, -0.15) is 0 Å². The fourth-order valence-corrected chi connectivity index (χ4v) is 3.28. The molecule has 2 fully saturated rings. The van der Waals surface area contributed by atoms with E-state index >= 15 is 0 Å². The second-order valence-corrected chi connectivity index (χ2v) is 6.93. The third-order valence-electron chi connectivity index (χ3n) is 4.73. The van der Waals surface area contributed by atoms with Gasteiger partial charge in [0, 0.05) is 31.8 Å². The summed E-state index contributed by atoms with van der Waals surface area (Å²) in [6, 6.07) is 0.394. The summed E-state index contributed by atoms with van der Waals surface area (Å²) in [6.45, 7) is 4.60. The Bertz CT molecular complexity index is 426. The van der Waals surface area contributed by atoms with Crippen LogP contribution >= 0.6 is 0 Å². The number of amides is 2. The molecule has 2 rings (SSSR count). The monoisotopic (exact) mass is 307 g/mol. The molecule has 0 aromatic carbocycles. The normalized spacial score (nSPS) is 27.0. The van der Waals surface area contributed by atoms with Gasteiger partial charge in [-0.3, -0.25) is 9.59 Å². The Morgan fingerprint density at radius 1 is 1.23 bits per heavy atom. The first kappa shape index (κ1) is 17.0. The van der Waals surface area contributed by atoms with Crippen molar-refractivity contribution in [1.82, 2.24) is 14.7 Å². The summed E-state index contributed by atoms with van der Waals surface area (Å²) in [5.74, 6) is 0.850. The summed E-state index contributed by atoms with van der Waals surface area (Å²) < 4.78 is 0. The third-order valence-corrected chi connectivity index (χ3v) is 4.73. The van der Waals surface area contributed by atoms with Crippen molar-refractivity contribution in [2.45, 2.75) is 38.6 Å². The second-order valence-electron chi connectivity index (χ2n) is 6.93.